The first kappa shape index (κ1) is 7.57. The molecule has 0 fully saturated rings. The monoisotopic (exact) mass is 125 g/mol. The van der Waals surface area contributed by atoms with E-state index in [-0.39, 0.29) is 31.0 Å². The molecule has 0 bridgehead atoms. The minimum absolute atomic E-state index is 0. The molecule has 0 spiro atoms. The van der Waals surface area contributed by atoms with E-state index >= 15 is 0 Å². The molecule has 0 aliphatic rings. The minimum Gasteiger partial charge on any atom is -1.00 e. The fourth-order valence-electron chi connectivity index (χ4n) is 0.308. The van der Waals surface area contributed by atoms with Gasteiger partial charge in [0.25, 0.3) is 0 Å². The molecule has 0 aromatic carbocycles. The van der Waals surface area contributed by atoms with Crippen LogP contribution in [0.15, 0.2) is 18.3 Å². The van der Waals surface area contributed by atoms with Gasteiger partial charge in [-0.15, -0.1) is 0 Å². The predicted molar refractivity (Wildman–Crippen MR) is 26.9 cm³/mol. The molecule has 0 aliphatic carbocycles. The van der Waals surface area contributed by atoms with Crippen LogP contribution in [0.1, 0.15) is 1.43 Å². The SMILES string of the molecule is Clc1ccc[nH]1.[H-].[Na+]. The van der Waals surface area contributed by atoms with Crippen molar-refractivity contribution in [2.45, 2.75) is 0 Å². The molecule has 7 heavy (non-hydrogen) atoms. The molecular weight excluding hydrogens is 120 g/mol. The molecule has 3 heteroatoms. The van der Waals surface area contributed by atoms with Gasteiger partial charge >= 0.3 is 29.6 Å². The fourth-order valence-corrected chi connectivity index (χ4v) is 0.444. The van der Waals surface area contributed by atoms with Gasteiger partial charge < -0.3 is 6.41 Å². The van der Waals surface area contributed by atoms with Crippen LogP contribution in [0.3, 0.4) is 0 Å². The van der Waals surface area contributed by atoms with Crippen LogP contribution in [0.5, 0.6) is 0 Å². The van der Waals surface area contributed by atoms with Crippen LogP contribution in [0.2, 0.25) is 5.15 Å². The molecule has 0 aliphatic heterocycles. The van der Waals surface area contributed by atoms with Crippen LogP contribution < -0.4 is 29.6 Å². The molecule has 1 N–H and O–H groups in total. The van der Waals surface area contributed by atoms with Crippen molar-refractivity contribution in [1.29, 1.82) is 0 Å². The summed E-state index contributed by atoms with van der Waals surface area (Å²) in [5, 5.41) is 0.690. The summed E-state index contributed by atoms with van der Waals surface area (Å²) >= 11 is 5.40. The van der Waals surface area contributed by atoms with Crippen LogP contribution in [0.25, 0.3) is 0 Å². The van der Waals surface area contributed by atoms with Gasteiger partial charge in [-0.25, -0.2) is 0 Å². The average molecular weight is 126 g/mol. The van der Waals surface area contributed by atoms with Gasteiger partial charge in [-0.2, -0.15) is 0 Å². The van der Waals surface area contributed by atoms with Crippen molar-refractivity contribution in [2.24, 2.45) is 0 Å². The summed E-state index contributed by atoms with van der Waals surface area (Å²) in [5.41, 5.74) is 0. The molecule has 1 nitrogen and oxygen atoms in total. The maximum Gasteiger partial charge on any atom is 1.00 e. The predicted octanol–water partition coefficient (Wildman–Crippen LogP) is -1.22. The van der Waals surface area contributed by atoms with Crippen molar-refractivity contribution in [1.82, 2.24) is 4.98 Å². The summed E-state index contributed by atoms with van der Waals surface area (Å²) in [5.74, 6) is 0. The van der Waals surface area contributed by atoms with Crippen molar-refractivity contribution in [2.75, 3.05) is 0 Å². The number of H-pyrrole nitrogens is 1. The molecule has 1 rings (SSSR count). The molecule has 0 radical (unpaired) electrons. The fraction of sp³-hybridized carbons (Fsp3) is 0. The molecule has 0 amide bonds. The van der Waals surface area contributed by atoms with Crippen LogP contribution in [0, 0.1) is 0 Å². The van der Waals surface area contributed by atoms with Crippen molar-refractivity contribution < 1.29 is 31.0 Å². The van der Waals surface area contributed by atoms with E-state index in [4.69, 9.17) is 11.6 Å². The maximum atomic E-state index is 5.40. The van der Waals surface area contributed by atoms with Crippen molar-refractivity contribution in [3.8, 4) is 0 Å². The standard InChI is InChI=1S/C4H4ClN.Na.H/c5-4-2-1-3-6-4;;/h1-3,6H;;/q;+1;-1. The Kier molecular flexibility index (Phi) is 3.85. The van der Waals surface area contributed by atoms with Crippen molar-refractivity contribution >= 4 is 11.6 Å². The summed E-state index contributed by atoms with van der Waals surface area (Å²) in [6.45, 7) is 0. The number of aromatic nitrogens is 1. The number of nitrogens with one attached hydrogen (secondary N) is 1. The average Bonchev–Trinajstić information content (AvgIpc) is 1.86. The van der Waals surface area contributed by atoms with E-state index in [9.17, 15) is 0 Å². The number of aromatic amines is 1. The normalized spacial score (nSPS) is 7.57. The van der Waals surface area contributed by atoms with Crippen molar-refractivity contribution in [3.63, 3.8) is 0 Å². The summed E-state index contributed by atoms with van der Waals surface area (Å²) < 4.78 is 0. The third kappa shape index (κ3) is 2.39. The molecule has 0 atom stereocenters. The molecule has 0 saturated heterocycles. The Labute approximate surface area is 70.8 Å². The van der Waals surface area contributed by atoms with Gasteiger partial charge in [0, 0.05) is 6.20 Å². The zero-order valence-electron chi connectivity index (χ0n) is 5.11. The van der Waals surface area contributed by atoms with E-state index in [0.29, 0.717) is 5.15 Å². The number of halogens is 1. The second-order valence-corrected chi connectivity index (χ2v) is 1.43. The summed E-state index contributed by atoms with van der Waals surface area (Å²) in [7, 11) is 0. The Morgan fingerprint density at radius 2 is 2.43 bits per heavy atom. The van der Waals surface area contributed by atoms with E-state index < -0.39 is 0 Å². The maximum absolute atomic E-state index is 5.40. The molecule has 0 saturated carbocycles. The Balaban J connectivity index is 0. The number of hydrogen-bond acceptors (Lipinski definition) is 0. The zero-order chi connectivity index (χ0) is 4.41. The second-order valence-electron chi connectivity index (χ2n) is 1.02. The van der Waals surface area contributed by atoms with Crippen molar-refractivity contribution in [3.05, 3.63) is 23.5 Å². The summed E-state index contributed by atoms with van der Waals surface area (Å²) in [6, 6.07) is 3.64. The van der Waals surface area contributed by atoms with Gasteiger partial charge in [0.15, 0.2) is 0 Å². The van der Waals surface area contributed by atoms with Crippen LogP contribution in [-0.4, -0.2) is 4.98 Å². The summed E-state index contributed by atoms with van der Waals surface area (Å²) in [6.07, 6.45) is 1.78. The molecule has 1 heterocycles. The van der Waals surface area contributed by atoms with Crippen LogP contribution in [0.4, 0.5) is 0 Å². The topological polar surface area (TPSA) is 15.8 Å². The molecule has 1 aromatic rings. The first-order valence-electron chi connectivity index (χ1n) is 1.68. The van der Waals surface area contributed by atoms with Gasteiger partial charge in [0.1, 0.15) is 5.15 Å². The van der Waals surface area contributed by atoms with Crippen LogP contribution >= 0.6 is 11.6 Å². The van der Waals surface area contributed by atoms with E-state index in [2.05, 4.69) is 4.98 Å². The zero-order valence-corrected chi connectivity index (χ0v) is 6.87. The summed E-state index contributed by atoms with van der Waals surface area (Å²) in [4.78, 5) is 2.77. The Morgan fingerprint density at radius 1 is 1.71 bits per heavy atom. The molecule has 0 unspecified atom stereocenters. The van der Waals surface area contributed by atoms with Gasteiger partial charge in [0.2, 0.25) is 0 Å². The van der Waals surface area contributed by atoms with Crippen LogP contribution in [-0.2, 0) is 0 Å². The van der Waals surface area contributed by atoms with E-state index in [1.807, 2.05) is 6.07 Å². The molecule has 1 aromatic heterocycles. The number of hydrogen-bond donors (Lipinski definition) is 1. The smallest absolute Gasteiger partial charge is 1.00 e. The third-order valence-electron chi connectivity index (χ3n) is 0.560. The minimum atomic E-state index is 0. The largest absolute Gasteiger partial charge is 1.00 e. The Morgan fingerprint density at radius 3 is 2.57 bits per heavy atom. The quantitative estimate of drug-likeness (QED) is 0.419. The van der Waals surface area contributed by atoms with Gasteiger partial charge in [-0.3, -0.25) is 0 Å². The van der Waals surface area contributed by atoms with E-state index in [0.717, 1.165) is 0 Å². The van der Waals surface area contributed by atoms with E-state index in [1.54, 1.807) is 12.3 Å². The Bertz CT molecular complexity index is 120. The third-order valence-corrected chi connectivity index (χ3v) is 0.795. The first-order valence-corrected chi connectivity index (χ1v) is 2.06. The second kappa shape index (κ2) is 3.56. The molecule has 34 valence electrons. The number of rotatable bonds is 0. The van der Waals surface area contributed by atoms with Gasteiger partial charge in [-0.1, -0.05) is 11.6 Å². The van der Waals surface area contributed by atoms with E-state index in [1.165, 1.54) is 0 Å². The van der Waals surface area contributed by atoms with Gasteiger partial charge in [-0.05, 0) is 12.1 Å². The Hall–Kier alpha value is 0.570. The first-order chi connectivity index (χ1) is 2.89. The van der Waals surface area contributed by atoms with Gasteiger partial charge in [0.05, 0.1) is 0 Å². The molecular formula is C4H5ClNNa.